The second-order valence-corrected chi connectivity index (χ2v) is 6.30. The van der Waals surface area contributed by atoms with Gasteiger partial charge in [-0.2, -0.15) is 0 Å². The van der Waals surface area contributed by atoms with Gasteiger partial charge in [0.2, 0.25) is 0 Å². The molecule has 0 spiro atoms. The summed E-state index contributed by atoms with van der Waals surface area (Å²) in [4.78, 5) is 24.3. The summed E-state index contributed by atoms with van der Waals surface area (Å²) in [7, 11) is 0. The lowest BCUT2D eigenvalue weighted by Gasteiger charge is -2.17. The molecule has 136 valence electrons. The summed E-state index contributed by atoms with van der Waals surface area (Å²) in [5, 5.41) is 12.1. The van der Waals surface area contributed by atoms with E-state index in [9.17, 15) is 14.7 Å². The van der Waals surface area contributed by atoms with Gasteiger partial charge < -0.3 is 19.9 Å². The minimum atomic E-state index is -1.13. The van der Waals surface area contributed by atoms with Gasteiger partial charge in [0.1, 0.15) is 0 Å². The van der Waals surface area contributed by atoms with E-state index in [-0.39, 0.29) is 0 Å². The van der Waals surface area contributed by atoms with E-state index in [2.05, 4.69) is 5.32 Å². The number of aliphatic carboxylic acids is 1. The van der Waals surface area contributed by atoms with Crippen LogP contribution in [0, 0.1) is 13.8 Å². The van der Waals surface area contributed by atoms with Crippen molar-refractivity contribution in [1.82, 2.24) is 5.32 Å². The zero-order valence-corrected chi connectivity index (χ0v) is 14.7. The Bertz CT molecular complexity index is 846. The molecule has 1 heterocycles. The van der Waals surface area contributed by atoms with Crippen LogP contribution in [0.4, 0.5) is 0 Å². The molecule has 0 aliphatic carbocycles. The monoisotopic (exact) mass is 355 g/mol. The molecule has 26 heavy (non-hydrogen) atoms. The molecule has 6 heteroatoms. The highest BCUT2D eigenvalue weighted by Crippen LogP contribution is 2.30. The fraction of sp³-hybridized carbons (Fsp3) is 0.300. The van der Waals surface area contributed by atoms with E-state index >= 15 is 0 Å². The van der Waals surface area contributed by atoms with Crippen molar-refractivity contribution in [3.63, 3.8) is 0 Å². The molecule has 1 unspecified atom stereocenters. The smallest absolute Gasteiger partial charge is 0.330 e. The van der Waals surface area contributed by atoms with Crippen LogP contribution < -0.4 is 14.8 Å². The van der Waals surface area contributed by atoms with Gasteiger partial charge in [0.25, 0.3) is 5.91 Å². The maximum atomic E-state index is 12.6. The van der Waals surface area contributed by atoms with Crippen LogP contribution in [0.3, 0.4) is 0 Å². The lowest BCUT2D eigenvalue weighted by molar-refractivity contribution is -0.139. The maximum Gasteiger partial charge on any atom is 0.330 e. The van der Waals surface area contributed by atoms with Gasteiger partial charge in [-0.05, 0) is 48.7 Å². The van der Waals surface area contributed by atoms with E-state index in [1.165, 1.54) is 0 Å². The van der Waals surface area contributed by atoms with Crippen LogP contribution in [-0.2, 0) is 4.79 Å². The first kappa shape index (κ1) is 17.8. The molecule has 1 atom stereocenters. The number of carbonyl (C=O) groups excluding carboxylic acids is 1. The highest BCUT2D eigenvalue weighted by molar-refractivity contribution is 5.97. The average Bonchev–Trinajstić information content (AvgIpc) is 2.86. The van der Waals surface area contributed by atoms with Crippen LogP contribution >= 0.6 is 0 Å². The minimum absolute atomic E-state index is 0.323. The average molecular weight is 355 g/mol. The summed E-state index contributed by atoms with van der Waals surface area (Å²) in [5.41, 5.74) is 2.89. The Morgan fingerprint density at radius 1 is 1.00 bits per heavy atom. The Labute approximate surface area is 151 Å². The van der Waals surface area contributed by atoms with Gasteiger partial charge in [0, 0.05) is 12.0 Å². The van der Waals surface area contributed by atoms with E-state index in [0.717, 1.165) is 17.5 Å². The fourth-order valence-corrected chi connectivity index (χ4v) is 2.75. The molecule has 1 aliphatic heterocycles. The Hall–Kier alpha value is -3.02. The molecule has 1 amide bonds. The van der Waals surface area contributed by atoms with Gasteiger partial charge in [0.15, 0.2) is 17.5 Å². The van der Waals surface area contributed by atoms with Crippen LogP contribution in [0.5, 0.6) is 11.5 Å². The number of hydrogen-bond donors (Lipinski definition) is 2. The lowest BCUT2D eigenvalue weighted by Crippen LogP contribution is -2.33. The molecule has 2 aromatic rings. The van der Waals surface area contributed by atoms with Crippen molar-refractivity contribution >= 4 is 11.9 Å². The number of carboxylic acids is 1. The predicted octanol–water partition coefficient (Wildman–Crippen LogP) is 3.02. The number of carboxylic acid groups (broad SMARTS) is 1. The predicted molar refractivity (Wildman–Crippen MR) is 95.8 cm³/mol. The van der Waals surface area contributed by atoms with Crippen LogP contribution in [0.25, 0.3) is 0 Å². The van der Waals surface area contributed by atoms with E-state index in [4.69, 9.17) is 9.47 Å². The van der Waals surface area contributed by atoms with E-state index in [1.807, 2.05) is 19.9 Å². The molecule has 0 saturated heterocycles. The molecule has 0 aromatic heterocycles. The van der Waals surface area contributed by atoms with Crippen molar-refractivity contribution in [3.8, 4) is 11.5 Å². The molecular weight excluding hydrogens is 334 g/mol. The molecule has 0 radical (unpaired) electrons. The third-order valence-electron chi connectivity index (χ3n) is 4.40. The summed E-state index contributed by atoms with van der Waals surface area (Å²) >= 11 is 0. The number of carbonyl (C=O) groups is 2. The molecule has 6 nitrogen and oxygen atoms in total. The van der Waals surface area contributed by atoms with Crippen molar-refractivity contribution < 1.29 is 24.2 Å². The highest BCUT2D eigenvalue weighted by Gasteiger charge is 2.24. The van der Waals surface area contributed by atoms with E-state index in [1.54, 1.807) is 30.3 Å². The maximum absolute atomic E-state index is 12.6. The van der Waals surface area contributed by atoms with E-state index < -0.39 is 17.9 Å². The lowest BCUT2D eigenvalue weighted by atomic mass is 10.0. The molecule has 2 N–H and O–H groups in total. The van der Waals surface area contributed by atoms with Crippen molar-refractivity contribution in [1.29, 1.82) is 0 Å². The summed E-state index contributed by atoms with van der Waals surface area (Å²) in [5.74, 6) is -0.515. The third-order valence-corrected chi connectivity index (χ3v) is 4.40. The zero-order valence-electron chi connectivity index (χ0n) is 14.7. The second kappa shape index (κ2) is 7.47. The van der Waals surface area contributed by atoms with Crippen LogP contribution in [0.2, 0.25) is 0 Å². The van der Waals surface area contributed by atoms with E-state index in [0.29, 0.717) is 35.8 Å². The number of rotatable bonds is 4. The number of benzene rings is 2. The number of hydrogen-bond acceptors (Lipinski definition) is 4. The molecule has 2 aromatic carbocycles. The van der Waals surface area contributed by atoms with Gasteiger partial charge in [-0.25, -0.2) is 4.79 Å². The summed E-state index contributed by atoms with van der Waals surface area (Å²) in [6.07, 6.45) is 0.768. The fourth-order valence-electron chi connectivity index (χ4n) is 2.75. The minimum Gasteiger partial charge on any atom is -0.490 e. The van der Waals surface area contributed by atoms with Gasteiger partial charge in [-0.1, -0.05) is 18.2 Å². The molecule has 0 fully saturated rings. The summed E-state index contributed by atoms with van der Waals surface area (Å²) in [6.45, 7) is 4.93. The van der Waals surface area contributed by atoms with Crippen LogP contribution in [0.15, 0.2) is 36.4 Å². The first-order chi connectivity index (χ1) is 12.5. The number of fused-ring (bicyclic) bond motifs is 1. The van der Waals surface area contributed by atoms with Gasteiger partial charge in [-0.15, -0.1) is 0 Å². The first-order valence-electron chi connectivity index (χ1n) is 8.46. The quantitative estimate of drug-likeness (QED) is 0.881. The Morgan fingerprint density at radius 2 is 1.73 bits per heavy atom. The molecular formula is C20H21NO5. The SMILES string of the molecule is Cc1ccc(C(NC(=O)c2ccc3c(c2)OCCCO3)C(=O)O)cc1C. The van der Waals surface area contributed by atoms with Gasteiger partial charge in [0.05, 0.1) is 13.2 Å². The Morgan fingerprint density at radius 3 is 2.42 bits per heavy atom. The Kier molecular flexibility index (Phi) is 5.11. The Balaban J connectivity index is 1.83. The van der Waals surface area contributed by atoms with Crippen molar-refractivity contribution in [3.05, 3.63) is 58.7 Å². The van der Waals surface area contributed by atoms with Crippen molar-refractivity contribution in [2.45, 2.75) is 26.3 Å². The highest BCUT2D eigenvalue weighted by atomic mass is 16.5. The number of aryl methyl sites for hydroxylation is 2. The second-order valence-electron chi connectivity index (χ2n) is 6.30. The molecule has 3 rings (SSSR count). The third kappa shape index (κ3) is 3.79. The zero-order chi connectivity index (χ0) is 18.7. The molecule has 0 bridgehead atoms. The number of nitrogens with one attached hydrogen (secondary N) is 1. The molecule has 0 saturated carbocycles. The normalized spacial score (nSPS) is 14.2. The first-order valence-corrected chi connectivity index (χ1v) is 8.46. The summed E-state index contributed by atoms with van der Waals surface area (Å²) in [6, 6.07) is 9.06. The topological polar surface area (TPSA) is 84.9 Å². The van der Waals surface area contributed by atoms with Gasteiger partial charge >= 0.3 is 5.97 Å². The largest absolute Gasteiger partial charge is 0.490 e. The summed E-state index contributed by atoms with van der Waals surface area (Å²) < 4.78 is 11.1. The van der Waals surface area contributed by atoms with Crippen molar-refractivity contribution in [2.75, 3.05) is 13.2 Å². The van der Waals surface area contributed by atoms with Gasteiger partial charge in [-0.3, -0.25) is 4.79 Å². The molecule has 1 aliphatic rings. The number of ether oxygens (including phenoxy) is 2. The van der Waals surface area contributed by atoms with Crippen molar-refractivity contribution in [2.24, 2.45) is 0 Å². The van der Waals surface area contributed by atoms with Crippen LogP contribution in [-0.4, -0.2) is 30.2 Å². The standard InChI is InChI=1S/C20H21NO5/c1-12-4-5-14(10-13(12)2)18(20(23)24)21-19(22)15-6-7-16-17(11-15)26-9-3-8-25-16/h4-7,10-11,18H,3,8-9H2,1-2H3,(H,21,22)(H,23,24). The number of amides is 1. The van der Waals surface area contributed by atoms with Crippen LogP contribution in [0.1, 0.15) is 39.5 Å².